The average Bonchev–Trinajstić information content (AvgIpc) is 2.17. The van der Waals surface area contributed by atoms with Gasteiger partial charge in [-0.3, -0.25) is 0 Å². The number of hydrogen-bond acceptors (Lipinski definition) is 0. The molecule has 0 aliphatic rings. The Balaban J connectivity index is 4.19. The fourth-order valence-electron chi connectivity index (χ4n) is 1.20. The third-order valence-corrected chi connectivity index (χ3v) is 15.1. The van der Waals surface area contributed by atoms with Crippen molar-refractivity contribution in [2.24, 2.45) is 5.41 Å². The molecule has 0 saturated carbocycles. The molecule has 0 aliphatic heterocycles. The standard InChI is InChI=1S/C6H21P7/c1-2-6(3-7,4-11-8)5-13(10)12-9/h11-12H,2-5,7-10H2,1H3. The topological polar surface area (TPSA) is 0 Å². The molecule has 0 fully saturated rings. The van der Waals surface area contributed by atoms with Gasteiger partial charge in [-0.05, 0) is 30.3 Å². The predicted molar refractivity (Wildman–Crippen MR) is 89.7 cm³/mol. The van der Waals surface area contributed by atoms with Crippen molar-refractivity contribution in [3.63, 3.8) is 0 Å². The van der Waals surface area contributed by atoms with Gasteiger partial charge in [-0.1, -0.05) is 22.2 Å². The van der Waals surface area contributed by atoms with Gasteiger partial charge in [0.2, 0.25) is 0 Å². The Bertz CT molecular complexity index is 124. The van der Waals surface area contributed by atoms with E-state index in [-0.39, 0.29) is 7.30 Å². The van der Waals surface area contributed by atoms with Crippen molar-refractivity contribution in [2.75, 3.05) is 18.5 Å². The lowest BCUT2D eigenvalue weighted by Crippen LogP contribution is -2.26. The van der Waals surface area contributed by atoms with Crippen molar-refractivity contribution in [3.05, 3.63) is 0 Å². The van der Waals surface area contributed by atoms with Crippen LogP contribution in [0.25, 0.3) is 0 Å². The quantitative estimate of drug-likeness (QED) is 0.612. The second-order valence-corrected chi connectivity index (χ2v) is 15.3. The Labute approximate surface area is 96.8 Å². The van der Waals surface area contributed by atoms with Gasteiger partial charge in [0.05, 0.1) is 0 Å². The smallest absolute Gasteiger partial charge is 0.0180 e. The number of hydrogen-bond donors (Lipinski definition) is 0. The fraction of sp³-hybridized carbons (Fsp3) is 1.00. The second kappa shape index (κ2) is 9.08. The first kappa shape index (κ1) is 16.0. The lowest BCUT2D eigenvalue weighted by Gasteiger charge is -2.33. The highest BCUT2D eigenvalue weighted by molar-refractivity contribution is 8.61. The lowest BCUT2D eigenvalue weighted by molar-refractivity contribution is 0.426. The fourth-order valence-corrected chi connectivity index (χ4v) is 9.31. The molecule has 0 bridgehead atoms. The maximum Gasteiger partial charge on any atom is -0.0180 e. The van der Waals surface area contributed by atoms with Gasteiger partial charge in [0.1, 0.15) is 0 Å². The van der Waals surface area contributed by atoms with E-state index in [9.17, 15) is 0 Å². The van der Waals surface area contributed by atoms with Crippen molar-refractivity contribution in [3.8, 4) is 0 Å². The molecule has 0 aromatic rings. The minimum Gasteiger partial charge on any atom is -0.137 e. The Morgan fingerprint density at radius 3 is 2.31 bits per heavy atom. The number of rotatable bonds is 7. The van der Waals surface area contributed by atoms with E-state index in [0.717, 1.165) is 16.2 Å². The van der Waals surface area contributed by atoms with E-state index in [1.54, 1.807) is 0 Å². The van der Waals surface area contributed by atoms with E-state index in [1.807, 2.05) is 0 Å². The van der Waals surface area contributed by atoms with E-state index in [2.05, 4.69) is 42.9 Å². The van der Waals surface area contributed by atoms with Crippen LogP contribution in [0.5, 0.6) is 0 Å². The molecule has 0 N–H and O–H groups in total. The zero-order valence-electron chi connectivity index (χ0n) is 8.09. The lowest BCUT2D eigenvalue weighted by atomic mass is 9.92. The van der Waals surface area contributed by atoms with E-state index in [4.69, 9.17) is 0 Å². The SMILES string of the molecule is CCC(CP)(CPP)CP(P)PP. The minimum atomic E-state index is 0.200. The molecular formula is C6H21P7. The summed E-state index contributed by atoms with van der Waals surface area (Å²) in [6, 6.07) is 0. The highest BCUT2D eigenvalue weighted by Gasteiger charge is 2.27. The van der Waals surface area contributed by atoms with Gasteiger partial charge in [0, 0.05) is 0 Å². The van der Waals surface area contributed by atoms with Crippen molar-refractivity contribution in [2.45, 2.75) is 13.3 Å². The summed E-state index contributed by atoms with van der Waals surface area (Å²) in [6.07, 6.45) is 5.42. The Morgan fingerprint density at radius 2 is 2.00 bits per heavy atom. The van der Waals surface area contributed by atoms with Crippen LogP contribution in [0, 0.1) is 5.41 Å². The molecule has 0 aliphatic carbocycles. The van der Waals surface area contributed by atoms with Crippen molar-refractivity contribution in [1.29, 1.82) is 0 Å². The highest BCUT2D eigenvalue weighted by Crippen LogP contribution is 2.68. The summed E-state index contributed by atoms with van der Waals surface area (Å²) in [5.74, 6) is 0. The van der Waals surface area contributed by atoms with Crippen LogP contribution in [0.4, 0.5) is 0 Å². The molecular weight excluding hydrogens is 289 g/mol. The molecule has 0 spiro atoms. The summed E-state index contributed by atoms with van der Waals surface area (Å²) < 4.78 is 0. The third-order valence-electron chi connectivity index (χ3n) is 2.33. The first-order valence-corrected chi connectivity index (χ1v) is 14.9. The maximum atomic E-state index is 3.05. The van der Waals surface area contributed by atoms with Gasteiger partial charge in [-0.2, -0.15) is 0 Å². The Morgan fingerprint density at radius 1 is 1.38 bits per heavy atom. The van der Waals surface area contributed by atoms with Crippen LogP contribution in [0.3, 0.4) is 0 Å². The molecule has 80 valence electrons. The molecule has 0 heterocycles. The average molecular weight is 310 g/mol. The molecule has 0 aromatic heterocycles. The summed E-state index contributed by atoms with van der Waals surface area (Å²) in [7, 11) is 14.1. The largest absolute Gasteiger partial charge is 0.137 e. The molecule has 0 radical (unpaired) electrons. The Kier molecular flexibility index (Phi) is 11.2. The van der Waals surface area contributed by atoms with Crippen LogP contribution in [0.15, 0.2) is 0 Å². The molecule has 7 heteroatoms. The molecule has 8 atom stereocenters. The first-order chi connectivity index (χ1) is 6.14. The summed E-state index contributed by atoms with van der Waals surface area (Å²) >= 11 is 0. The van der Waals surface area contributed by atoms with E-state index in [1.165, 1.54) is 24.9 Å². The van der Waals surface area contributed by atoms with Crippen molar-refractivity contribution >= 4 is 59.6 Å². The molecule has 0 nitrogen and oxygen atoms in total. The van der Waals surface area contributed by atoms with Gasteiger partial charge < -0.3 is 0 Å². The zero-order chi connectivity index (χ0) is 10.3. The van der Waals surface area contributed by atoms with Crippen LogP contribution in [0.1, 0.15) is 13.3 Å². The molecule has 0 amide bonds. The second-order valence-electron chi connectivity index (χ2n) is 3.20. The summed E-state index contributed by atoms with van der Waals surface area (Å²) in [5.41, 5.74) is 0.613. The summed E-state index contributed by atoms with van der Waals surface area (Å²) in [4.78, 5) is 0. The van der Waals surface area contributed by atoms with E-state index in [0.29, 0.717) is 5.41 Å². The van der Waals surface area contributed by atoms with Crippen molar-refractivity contribution < 1.29 is 0 Å². The van der Waals surface area contributed by atoms with Crippen LogP contribution >= 0.6 is 59.6 Å². The van der Waals surface area contributed by atoms with Crippen LogP contribution in [0.2, 0.25) is 0 Å². The van der Waals surface area contributed by atoms with Crippen molar-refractivity contribution in [1.82, 2.24) is 0 Å². The molecule has 8 unspecified atom stereocenters. The molecule has 13 heavy (non-hydrogen) atoms. The van der Waals surface area contributed by atoms with Gasteiger partial charge in [-0.25, -0.2) is 0 Å². The summed E-state index contributed by atoms with van der Waals surface area (Å²) in [6.45, 7) is 2.34. The molecule has 0 aromatic carbocycles. The Hall–Kier alpha value is 3.01. The van der Waals surface area contributed by atoms with Gasteiger partial charge in [0.25, 0.3) is 0 Å². The first-order valence-electron chi connectivity index (χ1n) is 4.26. The predicted octanol–water partition coefficient (Wildman–Crippen LogP) is 4.38. The minimum absolute atomic E-state index is 0.200. The zero-order valence-corrected chi connectivity index (χ0v) is 15.6. The van der Waals surface area contributed by atoms with Crippen LogP contribution in [-0.4, -0.2) is 18.5 Å². The van der Waals surface area contributed by atoms with Gasteiger partial charge in [-0.15, -0.1) is 44.3 Å². The highest BCUT2D eigenvalue weighted by atomic mass is 32.6. The monoisotopic (exact) mass is 310 g/mol. The third kappa shape index (κ3) is 6.35. The molecule has 0 rings (SSSR count). The summed E-state index contributed by atoms with van der Waals surface area (Å²) in [5, 5.41) is 0. The molecule has 0 saturated heterocycles. The van der Waals surface area contributed by atoms with Gasteiger partial charge >= 0.3 is 0 Å². The maximum absolute atomic E-state index is 3.05. The van der Waals surface area contributed by atoms with E-state index >= 15 is 0 Å². The van der Waals surface area contributed by atoms with Crippen LogP contribution in [-0.2, 0) is 0 Å². The van der Waals surface area contributed by atoms with E-state index < -0.39 is 0 Å². The van der Waals surface area contributed by atoms with Crippen LogP contribution < -0.4 is 0 Å². The normalized spacial score (nSPS) is 20.1. The van der Waals surface area contributed by atoms with Gasteiger partial charge in [0.15, 0.2) is 0 Å².